The van der Waals surface area contributed by atoms with E-state index in [0.29, 0.717) is 11.3 Å². The molecule has 2 nitrogen and oxygen atoms in total. The molecule has 1 N–H and O–H groups in total. The standard InChI is InChI=1S/C11H13FN2/c1-4-6-10(12)9(5-2)11-7-8(3)13-14-11/h4-7H,2H2,1,3H3,(H,13,14)/b6-4-,10-9-. The highest BCUT2D eigenvalue weighted by atomic mass is 19.1. The molecule has 1 aromatic heterocycles. The third-order valence-corrected chi connectivity index (χ3v) is 1.76. The van der Waals surface area contributed by atoms with Crippen molar-refractivity contribution in [3.63, 3.8) is 0 Å². The Kier molecular flexibility index (Phi) is 3.40. The van der Waals surface area contributed by atoms with E-state index in [9.17, 15) is 4.39 Å². The van der Waals surface area contributed by atoms with Gasteiger partial charge in [0.15, 0.2) is 0 Å². The summed E-state index contributed by atoms with van der Waals surface area (Å²) in [6, 6.07) is 1.78. The Morgan fingerprint density at radius 2 is 2.36 bits per heavy atom. The molecular formula is C11H13FN2. The van der Waals surface area contributed by atoms with Gasteiger partial charge in [-0.05, 0) is 26.0 Å². The Balaban J connectivity index is 3.15. The van der Waals surface area contributed by atoms with Crippen molar-refractivity contribution >= 4 is 5.57 Å². The van der Waals surface area contributed by atoms with Gasteiger partial charge in [-0.3, -0.25) is 5.10 Å². The fourth-order valence-corrected chi connectivity index (χ4v) is 1.12. The van der Waals surface area contributed by atoms with Gasteiger partial charge in [-0.2, -0.15) is 5.10 Å². The third-order valence-electron chi connectivity index (χ3n) is 1.76. The van der Waals surface area contributed by atoms with Crippen molar-refractivity contribution in [2.45, 2.75) is 13.8 Å². The maximum absolute atomic E-state index is 13.4. The first-order chi connectivity index (χ1) is 6.69. The summed E-state index contributed by atoms with van der Waals surface area (Å²) in [5, 5.41) is 6.72. The Bertz CT molecular complexity index is 386. The van der Waals surface area contributed by atoms with Gasteiger partial charge in [0.1, 0.15) is 5.83 Å². The average Bonchev–Trinajstić information content (AvgIpc) is 2.54. The molecule has 0 spiro atoms. The number of aryl methyl sites for hydroxylation is 1. The summed E-state index contributed by atoms with van der Waals surface area (Å²) in [5.74, 6) is -0.325. The van der Waals surface area contributed by atoms with E-state index < -0.39 is 0 Å². The van der Waals surface area contributed by atoms with Gasteiger partial charge in [0.25, 0.3) is 0 Å². The van der Waals surface area contributed by atoms with E-state index in [2.05, 4.69) is 16.8 Å². The zero-order chi connectivity index (χ0) is 10.6. The molecule has 0 bridgehead atoms. The molecule has 0 aliphatic rings. The predicted molar refractivity (Wildman–Crippen MR) is 56.4 cm³/mol. The van der Waals surface area contributed by atoms with Gasteiger partial charge in [0, 0.05) is 11.3 Å². The minimum absolute atomic E-state index is 0.325. The van der Waals surface area contributed by atoms with Crippen molar-refractivity contribution < 1.29 is 4.39 Å². The van der Waals surface area contributed by atoms with Gasteiger partial charge < -0.3 is 0 Å². The van der Waals surface area contributed by atoms with Crippen molar-refractivity contribution in [1.29, 1.82) is 0 Å². The SMILES string of the molecule is C=C/C(=C(F)\C=C/C)c1cc(C)[nH]n1. The van der Waals surface area contributed by atoms with Crippen LogP contribution in [0.2, 0.25) is 0 Å². The lowest BCUT2D eigenvalue weighted by Crippen LogP contribution is -1.83. The lowest BCUT2D eigenvalue weighted by atomic mass is 10.1. The van der Waals surface area contributed by atoms with Crippen molar-refractivity contribution in [2.75, 3.05) is 0 Å². The number of nitrogens with one attached hydrogen (secondary N) is 1. The molecule has 0 saturated heterocycles. The Labute approximate surface area is 82.8 Å². The molecule has 0 aromatic carbocycles. The van der Waals surface area contributed by atoms with Crippen LogP contribution in [0.4, 0.5) is 4.39 Å². The normalized spacial score (nSPS) is 13.1. The quantitative estimate of drug-likeness (QED) is 0.732. The molecule has 1 rings (SSSR count). The lowest BCUT2D eigenvalue weighted by molar-refractivity contribution is 0.670. The number of aromatic amines is 1. The fraction of sp³-hybridized carbons (Fsp3) is 0.182. The summed E-state index contributed by atoms with van der Waals surface area (Å²) >= 11 is 0. The van der Waals surface area contributed by atoms with Gasteiger partial charge >= 0.3 is 0 Å². The lowest BCUT2D eigenvalue weighted by Gasteiger charge is -1.96. The second-order valence-corrected chi connectivity index (χ2v) is 2.90. The highest BCUT2D eigenvalue weighted by molar-refractivity contribution is 5.74. The number of hydrogen-bond acceptors (Lipinski definition) is 1. The highest BCUT2D eigenvalue weighted by Crippen LogP contribution is 2.20. The molecule has 0 unspecified atom stereocenters. The molecule has 0 aliphatic carbocycles. The molecule has 74 valence electrons. The highest BCUT2D eigenvalue weighted by Gasteiger charge is 2.06. The Hall–Kier alpha value is -1.64. The second kappa shape index (κ2) is 4.56. The summed E-state index contributed by atoms with van der Waals surface area (Å²) in [6.07, 6.45) is 4.49. The van der Waals surface area contributed by atoms with Gasteiger partial charge in [0.2, 0.25) is 0 Å². The van der Waals surface area contributed by atoms with Crippen LogP contribution in [-0.4, -0.2) is 10.2 Å². The van der Waals surface area contributed by atoms with Crippen LogP contribution in [-0.2, 0) is 0 Å². The van der Waals surface area contributed by atoms with Gasteiger partial charge in [-0.25, -0.2) is 4.39 Å². The topological polar surface area (TPSA) is 28.7 Å². The molecule has 0 fully saturated rings. The largest absolute Gasteiger partial charge is 0.282 e. The van der Waals surface area contributed by atoms with E-state index >= 15 is 0 Å². The molecule has 0 aliphatic heterocycles. The number of hydrogen-bond donors (Lipinski definition) is 1. The number of H-pyrrole nitrogens is 1. The van der Waals surface area contributed by atoms with Crippen LogP contribution in [0.1, 0.15) is 18.3 Å². The molecule has 0 atom stereocenters. The summed E-state index contributed by atoms with van der Waals surface area (Å²) in [7, 11) is 0. The van der Waals surface area contributed by atoms with Crippen LogP contribution >= 0.6 is 0 Å². The van der Waals surface area contributed by atoms with Crippen LogP contribution in [0.5, 0.6) is 0 Å². The average molecular weight is 192 g/mol. The first-order valence-electron chi connectivity index (χ1n) is 4.36. The minimum atomic E-state index is -0.325. The predicted octanol–water partition coefficient (Wildman–Crippen LogP) is 3.16. The molecule has 14 heavy (non-hydrogen) atoms. The van der Waals surface area contributed by atoms with Crippen molar-refractivity contribution in [3.8, 4) is 0 Å². The molecule has 3 heteroatoms. The molecular weight excluding hydrogens is 179 g/mol. The Morgan fingerprint density at radius 1 is 1.64 bits per heavy atom. The minimum Gasteiger partial charge on any atom is -0.282 e. The van der Waals surface area contributed by atoms with Gasteiger partial charge in [-0.1, -0.05) is 18.7 Å². The summed E-state index contributed by atoms with van der Waals surface area (Å²) in [4.78, 5) is 0. The van der Waals surface area contributed by atoms with Gasteiger partial charge in [-0.15, -0.1) is 0 Å². The van der Waals surface area contributed by atoms with E-state index in [1.165, 1.54) is 12.2 Å². The van der Waals surface area contributed by atoms with Crippen LogP contribution < -0.4 is 0 Å². The van der Waals surface area contributed by atoms with Crippen molar-refractivity contribution in [2.24, 2.45) is 0 Å². The smallest absolute Gasteiger partial charge is 0.132 e. The van der Waals surface area contributed by atoms with E-state index in [1.54, 1.807) is 19.1 Å². The van der Waals surface area contributed by atoms with Crippen LogP contribution in [0, 0.1) is 6.92 Å². The summed E-state index contributed by atoms with van der Waals surface area (Å²) in [6.45, 7) is 7.19. The monoisotopic (exact) mass is 192 g/mol. The van der Waals surface area contributed by atoms with Gasteiger partial charge in [0.05, 0.1) is 5.69 Å². The van der Waals surface area contributed by atoms with Crippen LogP contribution in [0.3, 0.4) is 0 Å². The Morgan fingerprint density at radius 3 is 2.79 bits per heavy atom. The number of halogens is 1. The van der Waals surface area contributed by atoms with E-state index in [-0.39, 0.29) is 5.83 Å². The first-order valence-corrected chi connectivity index (χ1v) is 4.36. The fourth-order valence-electron chi connectivity index (χ4n) is 1.12. The maximum atomic E-state index is 13.4. The first kappa shape index (κ1) is 10.4. The van der Waals surface area contributed by atoms with Crippen molar-refractivity contribution in [3.05, 3.63) is 48.1 Å². The number of rotatable bonds is 3. The molecule has 0 amide bonds. The molecule has 0 radical (unpaired) electrons. The van der Waals surface area contributed by atoms with E-state index in [0.717, 1.165) is 5.69 Å². The molecule has 0 saturated carbocycles. The van der Waals surface area contributed by atoms with E-state index in [4.69, 9.17) is 0 Å². The molecule has 1 aromatic rings. The summed E-state index contributed by atoms with van der Waals surface area (Å²) < 4.78 is 13.4. The van der Waals surface area contributed by atoms with E-state index in [1.807, 2.05) is 6.92 Å². The van der Waals surface area contributed by atoms with Crippen molar-refractivity contribution in [1.82, 2.24) is 10.2 Å². The zero-order valence-corrected chi connectivity index (χ0v) is 8.34. The maximum Gasteiger partial charge on any atom is 0.132 e. The third kappa shape index (κ3) is 2.19. The molecule has 1 heterocycles. The van der Waals surface area contributed by atoms with Crippen LogP contribution in [0.25, 0.3) is 5.57 Å². The van der Waals surface area contributed by atoms with Crippen LogP contribution in [0.15, 0.2) is 36.7 Å². The number of allylic oxidation sites excluding steroid dienone is 5. The number of aromatic nitrogens is 2. The number of nitrogens with zero attached hydrogens (tertiary/aromatic N) is 1. The second-order valence-electron chi connectivity index (χ2n) is 2.90. The zero-order valence-electron chi connectivity index (χ0n) is 8.34. The summed E-state index contributed by atoms with van der Waals surface area (Å²) in [5.41, 5.74) is 1.88.